The molecule has 2 nitrogen and oxygen atoms in total. The van der Waals surface area contributed by atoms with Gasteiger partial charge < -0.3 is 10.5 Å². The fraction of sp³-hybridized carbons (Fsp3) is 0.400. The topological polar surface area (TPSA) is 35.2 Å². The van der Waals surface area contributed by atoms with Crippen LogP contribution in [0.25, 0.3) is 0 Å². The Kier molecular flexibility index (Phi) is 3.72. The molecule has 0 amide bonds. The van der Waals surface area contributed by atoms with Crippen LogP contribution in [0.3, 0.4) is 0 Å². The van der Waals surface area contributed by atoms with Crippen LogP contribution in [0.1, 0.15) is 24.1 Å². The van der Waals surface area contributed by atoms with Crippen LogP contribution in [0.15, 0.2) is 18.2 Å². The monoisotopic (exact) mass is 199 g/mol. The van der Waals surface area contributed by atoms with E-state index < -0.39 is 0 Å². The Balaban J connectivity index is 3.03. The number of methoxy groups -OCH3 is 1. The molecule has 13 heavy (non-hydrogen) atoms. The Morgan fingerprint density at radius 3 is 2.77 bits per heavy atom. The third-order valence-electron chi connectivity index (χ3n) is 1.90. The van der Waals surface area contributed by atoms with Gasteiger partial charge in [-0.15, -0.1) is 0 Å². The zero-order chi connectivity index (χ0) is 9.84. The molecule has 72 valence electrons. The summed E-state index contributed by atoms with van der Waals surface area (Å²) in [5, 5.41) is 0.715. The van der Waals surface area contributed by atoms with E-state index >= 15 is 0 Å². The van der Waals surface area contributed by atoms with Crippen LogP contribution in [0.2, 0.25) is 5.02 Å². The molecule has 0 spiro atoms. The third kappa shape index (κ3) is 2.69. The minimum absolute atomic E-state index is 0.0103. The first-order valence-electron chi connectivity index (χ1n) is 4.18. The van der Waals surface area contributed by atoms with Crippen LogP contribution in [-0.2, 0) is 11.3 Å². The summed E-state index contributed by atoms with van der Waals surface area (Å²) in [5.41, 5.74) is 7.95. The Hall–Kier alpha value is -0.570. The molecule has 0 aliphatic carbocycles. The average Bonchev–Trinajstić information content (AvgIpc) is 2.08. The highest BCUT2D eigenvalue weighted by atomic mass is 35.5. The van der Waals surface area contributed by atoms with E-state index in [1.165, 1.54) is 0 Å². The second kappa shape index (κ2) is 4.61. The van der Waals surface area contributed by atoms with E-state index in [0.717, 1.165) is 11.1 Å². The summed E-state index contributed by atoms with van der Waals surface area (Å²) in [6, 6.07) is 5.68. The summed E-state index contributed by atoms with van der Waals surface area (Å²) in [7, 11) is 1.67. The summed E-state index contributed by atoms with van der Waals surface area (Å²) in [6.07, 6.45) is 0. The number of rotatable bonds is 3. The number of ether oxygens (including phenoxy) is 1. The second-order valence-corrected chi connectivity index (χ2v) is 3.50. The molecule has 3 heteroatoms. The molecule has 1 atom stereocenters. The quantitative estimate of drug-likeness (QED) is 0.812. The van der Waals surface area contributed by atoms with Gasteiger partial charge in [0.15, 0.2) is 0 Å². The first-order valence-corrected chi connectivity index (χ1v) is 4.55. The fourth-order valence-electron chi connectivity index (χ4n) is 1.28. The number of nitrogens with two attached hydrogens (primary N) is 1. The smallest absolute Gasteiger partial charge is 0.0716 e. The molecular formula is C10H14ClNO. The molecule has 0 saturated heterocycles. The first kappa shape index (κ1) is 10.5. The maximum atomic E-state index is 5.86. The van der Waals surface area contributed by atoms with E-state index in [9.17, 15) is 0 Å². The van der Waals surface area contributed by atoms with Gasteiger partial charge in [-0.25, -0.2) is 0 Å². The van der Waals surface area contributed by atoms with Crippen molar-refractivity contribution in [2.24, 2.45) is 5.73 Å². The van der Waals surface area contributed by atoms with Gasteiger partial charge in [-0.2, -0.15) is 0 Å². The summed E-state index contributed by atoms with van der Waals surface area (Å²) < 4.78 is 5.06. The number of hydrogen-bond donors (Lipinski definition) is 1. The highest BCUT2D eigenvalue weighted by Crippen LogP contribution is 2.21. The lowest BCUT2D eigenvalue weighted by atomic mass is 10.0. The average molecular weight is 200 g/mol. The highest BCUT2D eigenvalue weighted by molar-refractivity contribution is 6.30. The van der Waals surface area contributed by atoms with Crippen molar-refractivity contribution in [3.8, 4) is 0 Å². The van der Waals surface area contributed by atoms with Crippen molar-refractivity contribution >= 4 is 11.6 Å². The highest BCUT2D eigenvalue weighted by Gasteiger charge is 2.06. The normalized spacial score (nSPS) is 12.9. The maximum absolute atomic E-state index is 5.86. The lowest BCUT2D eigenvalue weighted by Crippen LogP contribution is -2.08. The number of hydrogen-bond acceptors (Lipinski definition) is 2. The Bertz CT molecular complexity index is 286. The van der Waals surface area contributed by atoms with Gasteiger partial charge in [-0.1, -0.05) is 17.7 Å². The minimum Gasteiger partial charge on any atom is -0.380 e. The predicted octanol–water partition coefficient (Wildman–Crippen LogP) is 2.51. The van der Waals surface area contributed by atoms with Crippen molar-refractivity contribution in [2.75, 3.05) is 7.11 Å². The SMILES string of the molecule is COCc1ccc(Cl)cc1C(C)N. The maximum Gasteiger partial charge on any atom is 0.0716 e. The molecule has 0 radical (unpaired) electrons. The Morgan fingerprint density at radius 1 is 1.54 bits per heavy atom. The minimum atomic E-state index is -0.0103. The molecule has 1 aromatic rings. The second-order valence-electron chi connectivity index (χ2n) is 3.06. The van der Waals surface area contributed by atoms with E-state index in [0.29, 0.717) is 11.6 Å². The van der Waals surface area contributed by atoms with E-state index in [-0.39, 0.29) is 6.04 Å². The summed E-state index contributed by atoms with van der Waals surface area (Å²) in [4.78, 5) is 0. The molecule has 0 aliphatic heterocycles. The summed E-state index contributed by atoms with van der Waals surface area (Å²) >= 11 is 5.86. The van der Waals surface area contributed by atoms with Crippen molar-refractivity contribution in [2.45, 2.75) is 19.6 Å². The Morgan fingerprint density at radius 2 is 2.23 bits per heavy atom. The van der Waals surface area contributed by atoms with Gasteiger partial charge in [0.25, 0.3) is 0 Å². The molecule has 0 aliphatic rings. The van der Waals surface area contributed by atoms with Crippen LogP contribution < -0.4 is 5.73 Å². The van der Waals surface area contributed by atoms with Gasteiger partial charge in [-0.05, 0) is 30.2 Å². The fourth-order valence-corrected chi connectivity index (χ4v) is 1.46. The molecule has 0 heterocycles. The molecular weight excluding hydrogens is 186 g/mol. The van der Waals surface area contributed by atoms with Gasteiger partial charge >= 0.3 is 0 Å². The van der Waals surface area contributed by atoms with Crippen LogP contribution in [-0.4, -0.2) is 7.11 Å². The van der Waals surface area contributed by atoms with E-state index in [4.69, 9.17) is 22.1 Å². The summed E-state index contributed by atoms with van der Waals surface area (Å²) in [6.45, 7) is 2.51. The van der Waals surface area contributed by atoms with Gasteiger partial charge in [0, 0.05) is 18.2 Å². The zero-order valence-electron chi connectivity index (χ0n) is 7.88. The lowest BCUT2D eigenvalue weighted by molar-refractivity contribution is 0.184. The molecule has 0 aromatic heterocycles. The van der Waals surface area contributed by atoms with E-state index in [1.807, 2.05) is 25.1 Å². The largest absolute Gasteiger partial charge is 0.380 e. The summed E-state index contributed by atoms with van der Waals surface area (Å²) in [5.74, 6) is 0. The van der Waals surface area contributed by atoms with E-state index in [1.54, 1.807) is 7.11 Å². The molecule has 1 unspecified atom stereocenters. The molecule has 2 N–H and O–H groups in total. The molecule has 1 rings (SSSR count). The standard InChI is InChI=1S/C10H14ClNO/c1-7(12)10-5-9(11)4-3-8(10)6-13-2/h3-5,7H,6,12H2,1-2H3. The Labute approximate surface area is 83.6 Å². The van der Waals surface area contributed by atoms with Crippen molar-refractivity contribution in [3.05, 3.63) is 34.3 Å². The van der Waals surface area contributed by atoms with Crippen LogP contribution in [0.4, 0.5) is 0 Å². The third-order valence-corrected chi connectivity index (χ3v) is 2.13. The molecule has 0 fully saturated rings. The first-order chi connectivity index (χ1) is 6.15. The zero-order valence-corrected chi connectivity index (χ0v) is 8.64. The van der Waals surface area contributed by atoms with Crippen LogP contribution in [0.5, 0.6) is 0 Å². The molecule has 1 aromatic carbocycles. The van der Waals surface area contributed by atoms with Crippen LogP contribution in [0, 0.1) is 0 Å². The van der Waals surface area contributed by atoms with Crippen molar-refractivity contribution in [1.82, 2.24) is 0 Å². The van der Waals surface area contributed by atoms with Gasteiger partial charge in [0.05, 0.1) is 6.61 Å². The van der Waals surface area contributed by atoms with Gasteiger partial charge in [0.2, 0.25) is 0 Å². The predicted molar refractivity (Wildman–Crippen MR) is 54.8 cm³/mol. The number of benzene rings is 1. The van der Waals surface area contributed by atoms with Gasteiger partial charge in [0.1, 0.15) is 0 Å². The van der Waals surface area contributed by atoms with Crippen molar-refractivity contribution in [1.29, 1.82) is 0 Å². The lowest BCUT2D eigenvalue weighted by Gasteiger charge is -2.12. The van der Waals surface area contributed by atoms with E-state index in [2.05, 4.69) is 0 Å². The molecule has 0 bridgehead atoms. The molecule has 0 saturated carbocycles. The van der Waals surface area contributed by atoms with Crippen molar-refractivity contribution in [3.63, 3.8) is 0 Å². The number of halogens is 1. The van der Waals surface area contributed by atoms with Gasteiger partial charge in [-0.3, -0.25) is 0 Å². The van der Waals surface area contributed by atoms with Crippen molar-refractivity contribution < 1.29 is 4.74 Å². The van der Waals surface area contributed by atoms with Crippen LogP contribution >= 0.6 is 11.6 Å².